The lowest BCUT2D eigenvalue weighted by atomic mass is 9.71. The van der Waals surface area contributed by atoms with Crippen LogP contribution < -0.4 is 0 Å². The Morgan fingerprint density at radius 3 is 1.33 bits per heavy atom. The summed E-state index contributed by atoms with van der Waals surface area (Å²) in [5.41, 5.74) is 0. The van der Waals surface area contributed by atoms with Crippen LogP contribution in [0.3, 0.4) is 0 Å². The van der Waals surface area contributed by atoms with Crippen LogP contribution in [-0.2, 0) is 19.6 Å². The molecule has 1 saturated carbocycles. The largest absolute Gasteiger partial charge is 0.240 e. The number of hydrogen-bond acceptors (Lipinski definition) is 4. The van der Waals surface area contributed by atoms with Crippen molar-refractivity contribution in [1.82, 2.24) is 0 Å². The summed E-state index contributed by atoms with van der Waals surface area (Å²) in [5, 5.41) is 0. The van der Waals surface area contributed by atoms with E-state index < -0.39 is 0 Å². The molecule has 0 aromatic heterocycles. The molecule has 72 valence electrons. The third-order valence-corrected chi connectivity index (χ3v) is 2.49. The zero-order valence-corrected chi connectivity index (χ0v) is 7.94. The zero-order chi connectivity index (χ0) is 9.14. The van der Waals surface area contributed by atoms with Gasteiger partial charge in [0.05, 0.1) is 14.2 Å². The minimum Gasteiger partial charge on any atom is -0.240 e. The van der Waals surface area contributed by atoms with Gasteiger partial charge in [0, 0.05) is 11.8 Å². The van der Waals surface area contributed by atoms with E-state index in [0.717, 1.165) is 0 Å². The van der Waals surface area contributed by atoms with Gasteiger partial charge in [-0.3, -0.25) is 0 Å². The monoisotopic (exact) mass is 176 g/mol. The Hall–Kier alpha value is -0.160. The van der Waals surface area contributed by atoms with Crippen molar-refractivity contribution in [2.24, 2.45) is 11.8 Å². The van der Waals surface area contributed by atoms with E-state index in [9.17, 15) is 0 Å². The van der Waals surface area contributed by atoms with Crippen molar-refractivity contribution >= 4 is 0 Å². The molecule has 1 aliphatic carbocycles. The third-order valence-electron chi connectivity index (χ3n) is 2.49. The van der Waals surface area contributed by atoms with E-state index in [1.807, 2.05) is 13.8 Å². The van der Waals surface area contributed by atoms with Gasteiger partial charge >= 0.3 is 0 Å². The molecule has 0 saturated heterocycles. The molecule has 0 unspecified atom stereocenters. The van der Waals surface area contributed by atoms with Crippen molar-refractivity contribution in [1.29, 1.82) is 0 Å². The molecule has 12 heavy (non-hydrogen) atoms. The molecule has 4 nitrogen and oxygen atoms in total. The molecule has 1 rings (SSSR count). The van der Waals surface area contributed by atoms with Crippen molar-refractivity contribution in [3.8, 4) is 0 Å². The molecule has 0 heterocycles. The number of hydrogen-bond donors (Lipinski definition) is 0. The molecule has 4 heteroatoms. The minimum absolute atomic E-state index is 0.121. The zero-order valence-electron chi connectivity index (χ0n) is 7.94. The van der Waals surface area contributed by atoms with Crippen LogP contribution in [0.4, 0.5) is 0 Å². The molecule has 0 radical (unpaired) electrons. The molecule has 0 spiro atoms. The molecule has 0 aliphatic heterocycles. The quantitative estimate of drug-likeness (QED) is 0.476. The first-order chi connectivity index (χ1) is 5.72. The Balaban J connectivity index is 2.34. The van der Waals surface area contributed by atoms with E-state index in [1.54, 1.807) is 0 Å². The minimum atomic E-state index is 0.121. The predicted molar refractivity (Wildman–Crippen MR) is 42.1 cm³/mol. The first-order valence-electron chi connectivity index (χ1n) is 4.11. The van der Waals surface area contributed by atoms with Crippen LogP contribution in [0.2, 0.25) is 0 Å². The number of rotatable bonds is 4. The Kier molecular flexibility index (Phi) is 3.46. The average Bonchev–Trinajstić information content (AvgIpc) is 2.10. The van der Waals surface area contributed by atoms with Gasteiger partial charge < -0.3 is 0 Å². The summed E-state index contributed by atoms with van der Waals surface area (Å²) >= 11 is 0. The van der Waals surface area contributed by atoms with Gasteiger partial charge in [0.1, 0.15) is 12.2 Å². The lowest BCUT2D eigenvalue weighted by molar-refractivity contribution is -0.410. The second-order valence-electron chi connectivity index (χ2n) is 3.17. The van der Waals surface area contributed by atoms with Crippen molar-refractivity contribution in [3.63, 3.8) is 0 Å². The average molecular weight is 176 g/mol. The Morgan fingerprint density at radius 1 is 0.750 bits per heavy atom. The normalized spacial score (nSPS) is 41.0. The summed E-state index contributed by atoms with van der Waals surface area (Å²) in [5.74, 6) is 0.639. The van der Waals surface area contributed by atoms with Crippen molar-refractivity contribution in [3.05, 3.63) is 0 Å². The van der Waals surface area contributed by atoms with Crippen LogP contribution in [-0.4, -0.2) is 26.4 Å². The van der Waals surface area contributed by atoms with E-state index >= 15 is 0 Å². The summed E-state index contributed by atoms with van der Waals surface area (Å²) in [7, 11) is 3.04. The maximum absolute atomic E-state index is 5.04. The van der Waals surface area contributed by atoms with Gasteiger partial charge in [0.15, 0.2) is 0 Å². The second kappa shape index (κ2) is 4.18. The molecule has 0 aromatic rings. The highest BCUT2D eigenvalue weighted by molar-refractivity contribution is 4.93. The van der Waals surface area contributed by atoms with Gasteiger partial charge in [0.2, 0.25) is 0 Å². The highest BCUT2D eigenvalue weighted by Crippen LogP contribution is 2.38. The van der Waals surface area contributed by atoms with Gasteiger partial charge in [0.25, 0.3) is 0 Å². The van der Waals surface area contributed by atoms with E-state index in [0.29, 0.717) is 11.8 Å². The first kappa shape index (κ1) is 9.92. The summed E-state index contributed by atoms with van der Waals surface area (Å²) in [6, 6.07) is 0. The van der Waals surface area contributed by atoms with E-state index in [2.05, 4.69) is 9.78 Å². The maximum atomic E-state index is 5.04. The van der Waals surface area contributed by atoms with Gasteiger partial charge in [-0.2, -0.15) is 0 Å². The van der Waals surface area contributed by atoms with Gasteiger partial charge in [-0.1, -0.05) is 13.8 Å². The fourth-order valence-corrected chi connectivity index (χ4v) is 1.76. The van der Waals surface area contributed by atoms with Crippen LogP contribution >= 0.6 is 0 Å². The summed E-state index contributed by atoms with van der Waals surface area (Å²) in [6.07, 6.45) is 0.241. The van der Waals surface area contributed by atoms with Crippen LogP contribution in [0.25, 0.3) is 0 Å². The molecule has 0 N–H and O–H groups in total. The smallest absolute Gasteiger partial charge is 0.103 e. The van der Waals surface area contributed by atoms with E-state index in [4.69, 9.17) is 9.78 Å². The predicted octanol–water partition coefficient (Wildman–Crippen LogP) is 1.17. The van der Waals surface area contributed by atoms with Crippen LogP contribution in [0, 0.1) is 11.8 Å². The lowest BCUT2D eigenvalue weighted by Crippen LogP contribution is -2.55. The molecule has 1 aliphatic rings. The molecular formula is C8H16O4. The summed E-state index contributed by atoms with van der Waals surface area (Å²) < 4.78 is 0. The standard InChI is InChI=1S/C8H16O4/c1-5-7(11-9-3)6(2)8(5)12-10-4/h5-8H,1-4H3. The Labute approximate surface area is 72.6 Å². The Morgan fingerprint density at radius 2 is 1.08 bits per heavy atom. The maximum Gasteiger partial charge on any atom is 0.103 e. The third kappa shape index (κ3) is 1.61. The molecule has 0 amide bonds. The van der Waals surface area contributed by atoms with Gasteiger partial charge in [-0.25, -0.2) is 19.6 Å². The molecular weight excluding hydrogens is 160 g/mol. The van der Waals surface area contributed by atoms with E-state index in [-0.39, 0.29) is 12.2 Å². The highest BCUT2D eigenvalue weighted by atomic mass is 17.2. The molecule has 0 aromatic carbocycles. The van der Waals surface area contributed by atoms with E-state index in [1.165, 1.54) is 14.2 Å². The lowest BCUT2D eigenvalue weighted by Gasteiger charge is -2.45. The molecule has 0 atom stereocenters. The van der Waals surface area contributed by atoms with Crippen LogP contribution in [0.15, 0.2) is 0 Å². The fourth-order valence-electron chi connectivity index (χ4n) is 1.76. The van der Waals surface area contributed by atoms with Crippen molar-refractivity contribution < 1.29 is 19.6 Å². The van der Waals surface area contributed by atoms with Crippen molar-refractivity contribution in [2.45, 2.75) is 26.1 Å². The summed E-state index contributed by atoms with van der Waals surface area (Å²) in [6.45, 7) is 4.10. The second-order valence-corrected chi connectivity index (χ2v) is 3.17. The molecule has 1 fully saturated rings. The van der Waals surface area contributed by atoms with Gasteiger partial charge in [-0.15, -0.1) is 0 Å². The highest BCUT2D eigenvalue weighted by Gasteiger charge is 2.48. The SMILES string of the molecule is COOC1C(C)C(OOC)C1C. The van der Waals surface area contributed by atoms with Crippen LogP contribution in [0.1, 0.15) is 13.8 Å². The fraction of sp³-hybridized carbons (Fsp3) is 1.00. The molecule has 0 bridgehead atoms. The topological polar surface area (TPSA) is 36.9 Å². The van der Waals surface area contributed by atoms with Gasteiger partial charge in [-0.05, 0) is 0 Å². The summed E-state index contributed by atoms with van der Waals surface area (Å²) in [4.78, 5) is 19.3. The Bertz CT molecular complexity index is 115. The first-order valence-corrected chi connectivity index (χ1v) is 4.11. The van der Waals surface area contributed by atoms with Crippen molar-refractivity contribution in [2.75, 3.05) is 14.2 Å². The van der Waals surface area contributed by atoms with Crippen LogP contribution in [0.5, 0.6) is 0 Å².